The lowest BCUT2D eigenvalue weighted by Gasteiger charge is -2.19. The van der Waals surface area contributed by atoms with Crippen molar-refractivity contribution in [3.63, 3.8) is 0 Å². The van der Waals surface area contributed by atoms with Crippen LogP contribution in [0.15, 0.2) is 0 Å². The Morgan fingerprint density at radius 3 is 2.53 bits per heavy atom. The molecule has 0 aliphatic rings. The van der Waals surface area contributed by atoms with Crippen molar-refractivity contribution in [3.8, 4) is 0 Å². The van der Waals surface area contributed by atoms with Crippen LogP contribution in [0, 0.1) is 0 Å². The maximum Gasteiger partial charge on any atom is 0.237 e. The number of nitrogens with one attached hydrogen (secondary N) is 1. The standard InChI is InChI=1S/C11H24N2O2/c1-4-6-9(5-2)13-11(14)10(12)7-8-15-3/h9-10H,4-8,12H2,1-3H3,(H,13,14). The monoisotopic (exact) mass is 216 g/mol. The summed E-state index contributed by atoms with van der Waals surface area (Å²) >= 11 is 0. The molecule has 0 aromatic heterocycles. The molecule has 2 unspecified atom stereocenters. The first kappa shape index (κ1) is 14.4. The van der Waals surface area contributed by atoms with E-state index in [1.807, 2.05) is 0 Å². The van der Waals surface area contributed by atoms with Gasteiger partial charge in [-0.3, -0.25) is 4.79 Å². The van der Waals surface area contributed by atoms with E-state index < -0.39 is 6.04 Å². The van der Waals surface area contributed by atoms with E-state index in [9.17, 15) is 4.79 Å². The summed E-state index contributed by atoms with van der Waals surface area (Å²) in [5, 5.41) is 2.96. The summed E-state index contributed by atoms with van der Waals surface area (Å²) in [4.78, 5) is 11.6. The SMILES string of the molecule is CCCC(CC)NC(=O)C(N)CCOC. The van der Waals surface area contributed by atoms with Crippen LogP contribution >= 0.6 is 0 Å². The molecule has 90 valence electrons. The van der Waals surface area contributed by atoms with Gasteiger partial charge in [-0.25, -0.2) is 0 Å². The average molecular weight is 216 g/mol. The van der Waals surface area contributed by atoms with Gasteiger partial charge in [0.1, 0.15) is 0 Å². The molecule has 0 aromatic rings. The summed E-state index contributed by atoms with van der Waals surface area (Å²) in [7, 11) is 1.61. The zero-order valence-corrected chi connectivity index (χ0v) is 10.1. The van der Waals surface area contributed by atoms with Gasteiger partial charge in [-0.15, -0.1) is 0 Å². The molecule has 0 aliphatic carbocycles. The van der Waals surface area contributed by atoms with Crippen molar-refractivity contribution in [3.05, 3.63) is 0 Å². The van der Waals surface area contributed by atoms with Crippen molar-refractivity contribution in [2.75, 3.05) is 13.7 Å². The Morgan fingerprint density at radius 1 is 1.40 bits per heavy atom. The lowest BCUT2D eigenvalue weighted by Crippen LogP contribution is -2.45. The molecule has 0 spiro atoms. The third-order valence-corrected chi connectivity index (χ3v) is 2.45. The molecule has 0 heterocycles. The van der Waals surface area contributed by atoms with Crippen LogP contribution in [0.3, 0.4) is 0 Å². The van der Waals surface area contributed by atoms with E-state index in [0.717, 1.165) is 19.3 Å². The van der Waals surface area contributed by atoms with Crippen LogP contribution in [0.1, 0.15) is 39.5 Å². The molecule has 0 bridgehead atoms. The molecule has 0 saturated carbocycles. The molecule has 15 heavy (non-hydrogen) atoms. The van der Waals surface area contributed by atoms with Gasteiger partial charge in [-0.05, 0) is 19.3 Å². The van der Waals surface area contributed by atoms with Crippen LogP contribution in [-0.2, 0) is 9.53 Å². The van der Waals surface area contributed by atoms with Crippen LogP contribution in [0.4, 0.5) is 0 Å². The molecule has 2 atom stereocenters. The highest BCUT2D eigenvalue weighted by atomic mass is 16.5. The maximum absolute atomic E-state index is 11.6. The van der Waals surface area contributed by atoms with Gasteiger partial charge in [0.2, 0.25) is 5.91 Å². The Bertz CT molecular complexity index is 174. The summed E-state index contributed by atoms with van der Waals surface area (Å²) in [6.45, 7) is 4.71. The Balaban J connectivity index is 3.87. The topological polar surface area (TPSA) is 64.4 Å². The van der Waals surface area contributed by atoms with Crippen molar-refractivity contribution in [1.82, 2.24) is 5.32 Å². The highest BCUT2D eigenvalue weighted by Crippen LogP contribution is 2.01. The van der Waals surface area contributed by atoms with Crippen LogP contribution in [0.25, 0.3) is 0 Å². The quantitative estimate of drug-likeness (QED) is 0.637. The van der Waals surface area contributed by atoms with Gasteiger partial charge in [0.05, 0.1) is 6.04 Å². The van der Waals surface area contributed by atoms with E-state index in [0.29, 0.717) is 13.0 Å². The number of rotatable bonds is 8. The fraction of sp³-hybridized carbons (Fsp3) is 0.909. The fourth-order valence-electron chi connectivity index (χ4n) is 1.41. The molecule has 0 aromatic carbocycles. The summed E-state index contributed by atoms with van der Waals surface area (Å²) in [6.07, 6.45) is 3.62. The minimum absolute atomic E-state index is 0.0626. The molecule has 1 amide bonds. The zero-order chi connectivity index (χ0) is 11.7. The van der Waals surface area contributed by atoms with Gasteiger partial charge in [0, 0.05) is 19.8 Å². The van der Waals surface area contributed by atoms with Gasteiger partial charge in [0.25, 0.3) is 0 Å². The second kappa shape index (κ2) is 8.68. The van der Waals surface area contributed by atoms with Crippen molar-refractivity contribution in [2.24, 2.45) is 5.73 Å². The number of hydrogen-bond donors (Lipinski definition) is 2. The Morgan fingerprint density at radius 2 is 2.07 bits per heavy atom. The van der Waals surface area contributed by atoms with Crippen molar-refractivity contribution < 1.29 is 9.53 Å². The number of nitrogens with two attached hydrogens (primary N) is 1. The van der Waals surface area contributed by atoms with Crippen molar-refractivity contribution in [2.45, 2.75) is 51.6 Å². The smallest absolute Gasteiger partial charge is 0.237 e. The number of ether oxygens (including phenoxy) is 1. The van der Waals surface area contributed by atoms with E-state index in [1.165, 1.54) is 0 Å². The average Bonchev–Trinajstić information content (AvgIpc) is 2.24. The molecule has 4 nitrogen and oxygen atoms in total. The Labute approximate surface area is 92.6 Å². The summed E-state index contributed by atoms with van der Waals surface area (Å²) in [5.41, 5.74) is 5.71. The molecule has 0 fully saturated rings. The number of hydrogen-bond acceptors (Lipinski definition) is 3. The van der Waals surface area contributed by atoms with Crippen LogP contribution in [0.2, 0.25) is 0 Å². The predicted octanol–water partition coefficient (Wildman–Crippen LogP) is 1.05. The second-order valence-electron chi connectivity index (χ2n) is 3.79. The first-order valence-corrected chi connectivity index (χ1v) is 5.70. The molecule has 0 aliphatic heterocycles. The second-order valence-corrected chi connectivity index (χ2v) is 3.79. The van der Waals surface area contributed by atoms with Crippen molar-refractivity contribution >= 4 is 5.91 Å². The third-order valence-electron chi connectivity index (χ3n) is 2.45. The summed E-state index contributed by atoms with van der Waals surface area (Å²) in [5.74, 6) is -0.0626. The Kier molecular flexibility index (Phi) is 8.33. The normalized spacial score (nSPS) is 14.7. The predicted molar refractivity (Wildman–Crippen MR) is 61.6 cm³/mol. The van der Waals surface area contributed by atoms with Gasteiger partial charge in [0.15, 0.2) is 0 Å². The highest BCUT2D eigenvalue weighted by Gasteiger charge is 2.16. The first-order chi connectivity index (χ1) is 7.15. The molecule has 0 rings (SSSR count). The third kappa shape index (κ3) is 6.47. The Hall–Kier alpha value is -0.610. The largest absolute Gasteiger partial charge is 0.385 e. The van der Waals surface area contributed by atoms with E-state index in [-0.39, 0.29) is 11.9 Å². The van der Waals surface area contributed by atoms with E-state index in [2.05, 4.69) is 19.2 Å². The first-order valence-electron chi connectivity index (χ1n) is 5.70. The number of methoxy groups -OCH3 is 1. The van der Waals surface area contributed by atoms with E-state index in [1.54, 1.807) is 7.11 Å². The number of carbonyl (C=O) groups excluding carboxylic acids is 1. The van der Waals surface area contributed by atoms with Crippen LogP contribution in [-0.4, -0.2) is 31.7 Å². The minimum atomic E-state index is -0.448. The summed E-state index contributed by atoms with van der Waals surface area (Å²) < 4.78 is 4.88. The van der Waals surface area contributed by atoms with Gasteiger partial charge in [-0.2, -0.15) is 0 Å². The highest BCUT2D eigenvalue weighted by molar-refractivity contribution is 5.81. The molecular formula is C11H24N2O2. The van der Waals surface area contributed by atoms with Crippen LogP contribution in [0.5, 0.6) is 0 Å². The molecular weight excluding hydrogens is 192 g/mol. The van der Waals surface area contributed by atoms with E-state index >= 15 is 0 Å². The van der Waals surface area contributed by atoms with Gasteiger partial charge in [-0.1, -0.05) is 20.3 Å². The van der Waals surface area contributed by atoms with Gasteiger partial charge < -0.3 is 15.8 Å². The molecule has 0 saturated heterocycles. The minimum Gasteiger partial charge on any atom is -0.385 e. The van der Waals surface area contributed by atoms with Gasteiger partial charge >= 0.3 is 0 Å². The number of carbonyl (C=O) groups is 1. The zero-order valence-electron chi connectivity index (χ0n) is 10.1. The lowest BCUT2D eigenvalue weighted by molar-refractivity contribution is -0.123. The molecule has 4 heteroatoms. The van der Waals surface area contributed by atoms with E-state index in [4.69, 9.17) is 10.5 Å². The summed E-state index contributed by atoms with van der Waals surface area (Å²) in [6, 6.07) is -0.188. The molecule has 0 radical (unpaired) electrons. The molecule has 3 N–H and O–H groups in total. The maximum atomic E-state index is 11.6. The van der Waals surface area contributed by atoms with Crippen LogP contribution < -0.4 is 11.1 Å². The lowest BCUT2D eigenvalue weighted by atomic mass is 10.1. The number of amides is 1. The fourth-order valence-corrected chi connectivity index (χ4v) is 1.41. The van der Waals surface area contributed by atoms with Crippen molar-refractivity contribution in [1.29, 1.82) is 0 Å².